The zero-order valence-corrected chi connectivity index (χ0v) is 11.4. The highest BCUT2D eigenvalue weighted by Crippen LogP contribution is 2.15. The molecule has 0 fully saturated rings. The molecule has 3 N–H and O–H groups in total. The predicted octanol–water partition coefficient (Wildman–Crippen LogP) is 2.09. The molecule has 100 valence electrons. The van der Waals surface area contributed by atoms with Crippen LogP contribution in [0.1, 0.15) is 35.5 Å². The Hall–Kier alpha value is -1.78. The molecule has 0 bridgehead atoms. The van der Waals surface area contributed by atoms with Gasteiger partial charge in [-0.15, -0.1) is 0 Å². The molecule has 0 aliphatic rings. The average Bonchev–Trinajstić information content (AvgIpc) is 2.46. The van der Waals surface area contributed by atoms with Gasteiger partial charge in [0.25, 0.3) is 0 Å². The molecular weight excluding hydrogens is 236 g/mol. The summed E-state index contributed by atoms with van der Waals surface area (Å²) in [5.74, 6) is 6.35. The van der Waals surface area contributed by atoms with E-state index < -0.39 is 0 Å². The van der Waals surface area contributed by atoms with Crippen molar-refractivity contribution < 1.29 is 0 Å². The van der Waals surface area contributed by atoms with Gasteiger partial charge in [-0.2, -0.15) is 0 Å². The van der Waals surface area contributed by atoms with Crippen LogP contribution in [0.25, 0.3) is 0 Å². The predicted molar refractivity (Wildman–Crippen MR) is 76.4 cm³/mol. The molecule has 2 rings (SSSR count). The second-order valence-electron chi connectivity index (χ2n) is 4.71. The minimum Gasteiger partial charge on any atom is -0.271 e. The van der Waals surface area contributed by atoms with Crippen LogP contribution in [0.15, 0.2) is 36.7 Å². The van der Waals surface area contributed by atoms with Crippen LogP contribution in [0.5, 0.6) is 0 Å². The van der Waals surface area contributed by atoms with Crippen LogP contribution in [0.3, 0.4) is 0 Å². The van der Waals surface area contributed by atoms with Crippen molar-refractivity contribution in [2.24, 2.45) is 5.84 Å². The first kappa shape index (κ1) is 13.6. The Morgan fingerprint density at radius 2 is 1.68 bits per heavy atom. The van der Waals surface area contributed by atoms with E-state index in [4.69, 9.17) is 5.84 Å². The van der Waals surface area contributed by atoms with E-state index in [1.807, 2.05) is 19.3 Å². The molecule has 1 aromatic carbocycles. The van der Waals surface area contributed by atoms with E-state index >= 15 is 0 Å². The monoisotopic (exact) mass is 256 g/mol. The summed E-state index contributed by atoms with van der Waals surface area (Å²) >= 11 is 0. The van der Waals surface area contributed by atoms with Crippen LogP contribution in [0.2, 0.25) is 0 Å². The van der Waals surface area contributed by atoms with Crippen LogP contribution in [-0.4, -0.2) is 9.97 Å². The number of hydrogen-bond acceptors (Lipinski definition) is 4. The van der Waals surface area contributed by atoms with Gasteiger partial charge in [-0.05, 0) is 36.5 Å². The number of rotatable bonds is 5. The molecule has 1 heterocycles. The van der Waals surface area contributed by atoms with Gasteiger partial charge >= 0.3 is 0 Å². The first-order valence-electron chi connectivity index (χ1n) is 6.55. The fraction of sp³-hybridized carbons (Fsp3) is 0.333. The average molecular weight is 256 g/mol. The summed E-state index contributed by atoms with van der Waals surface area (Å²) in [7, 11) is 0. The molecule has 0 aliphatic carbocycles. The molecule has 1 aromatic heterocycles. The van der Waals surface area contributed by atoms with Gasteiger partial charge in [0.05, 0.1) is 6.04 Å². The van der Waals surface area contributed by atoms with Gasteiger partial charge in [-0.25, -0.2) is 15.4 Å². The van der Waals surface area contributed by atoms with Crippen molar-refractivity contribution in [3.63, 3.8) is 0 Å². The van der Waals surface area contributed by atoms with Gasteiger partial charge in [0.15, 0.2) is 0 Å². The lowest BCUT2D eigenvalue weighted by Gasteiger charge is -2.14. The summed E-state index contributed by atoms with van der Waals surface area (Å²) in [6.07, 6.45) is 5.46. The molecule has 0 amide bonds. The Morgan fingerprint density at radius 3 is 2.21 bits per heavy atom. The number of benzene rings is 1. The van der Waals surface area contributed by atoms with Crippen LogP contribution in [-0.2, 0) is 12.8 Å². The summed E-state index contributed by atoms with van der Waals surface area (Å²) in [6.45, 7) is 4.12. The van der Waals surface area contributed by atoms with Gasteiger partial charge < -0.3 is 0 Å². The lowest BCUT2D eigenvalue weighted by molar-refractivity contribution is 0.522. The van der Waals surface area contributed by atoms with Crippen LogP contribution < -0.4 is 11.3 Å². The third kappa shape index (κ3) is 3.59. The van der Waals surface area contributed by atoms with Crippen LogP contribution in [0, 0.1) is 6.92 Å². The van der Waals surface area contributed by atoms with Crippen LogP contribution in [0.4, 0.5) is 0 Å². The van der Waals surface area contributed by atoms with Crippen molar-refractivity contribution in [3.05, 3.63) is 59.2 Å². The van der Waals surface area contributed by atoms with E-state index in [1.54, 1.807) is 0 Å². The molecule has 0 spiro atoms. The van der Waals surface area contributed by atoms with Crippen molar-refractivity contribution in [2.45, 2.75) is 32.7 Å². The standard InChI is InChI=1S/C15H20N4/c1-3-12-4-6-13(7-5-12)8-14(19-16)15-17-9-11(2)10-18-15/h4-7,9-10,14,19H,3,8,16H2,1-2H3. The molecule has 2 aromatic rings. The molecule has 0 saturated carbocycles. The number of aryl methyl sites for hydroxylation is 2. The van der Waals surface area contributed by atoms with Crippen molar-refractivity contribution in [2.75, 3.05) is 0 Å². The summed E-state index contributed by atoms with van der Waals surface area (Å²) in [6, 6.07) is 8.51. The molecule has 0 saturated heterocycles. The number of nitrogens with two attached hydrogens (primary N) is 1. The molecule has 4 nitrogen and oxygen atoms in total. The maximum atomic E-state index is 5.62. The number of nitrogens with one attached hydrogen (secondary N) is 1. The van der Waals surface area contributed by atoms with Crippen molar-refractivity contribution in [1.82, 2.24) is 15.4 Å². The Labute approximate surface area is 114 Å². The first-order chi connectivity index (χ1) is 9.22. The topological polar surface area (TPSA) is 63.8 Å². The summed E-state index contributed by atoms with van der Waals surface area (Å²) in [4.78, 5) is 8.65. The van der Waals surface area contributed by atoms with E-state index in [2.05, 4.69) is 46.6 Å². The Bertz CT molecular complexity index is 505. The smallest absolute Gasteiger partial charge is 0.146 e. The number of nitrogens with zero attached hydrogens (tertiary/aromatic N) is 2. The fourth-order valence-corrected chi connectivity index (χ4v) is 1.95. The Kier molecular flexibility index (Phi) is 4.60. The van der Waals surface area contributed by atoms with Gasteiger partial charge in [0.1, 0.15) is 5.82 Å². The molecule has 19 heavy (non-hydrogen) atoms. The van der Waals surface area contributed by atoms with E-state index in [0.29, 0.717) is 0 Å². The van der Waals surface area contributed by atoms with Crippen molar-refractivity contribution in [1.29, 1.82) is 0 Å². The zero-order valence-electron chi connectivity index (χ0n) is 11.4. The largest absolute Gasteiger partial charge is 0.271 e. The normalized spacial score (nSPS) is 12.4. The quantitative estimate of drug-likeness (QED) is 0.635. The van der Waals surface area contributed by atoms with Gasteiger partial charge in [-0.3, -0.25) is 5.84 Å². The fourth-order valence-electron chi connectivity index (χ4n) is 1.95. The Balaban J connectivity index is 2.11. The lowest BCUT2D eigenvalue weighted by Crippen LogP contribution is -2.31. The highest BCUT2D eigenvalue weighted by atomic mass is 15.2. The number of hydrogen-bond donors (Lipinski definition) is 2. The molecule has 0 aliphatic heterocycles. The van der Waals surface area contributed by atoms with Crippen LogP contribution >= 0.6 is 0 Å². The zero-order chi connectivity index (χ0) is 13.7. The maximum absolute atomic E-state index is 5.62. The van der Waals surface area contributed by atoms with E-state index in [-0.39, 0.29) is 6.04 Å². The minimum absolute atomic E-state index is 0.0620. The highest BCUT2D eigenvalue weighted by Gasteiger charge is 2.13. The molecule has 1 unspecified atom stereocenters. The summed E-state index contributed by atoms with van der Waals surface area (Å²) < 4.78 is 0. The highest BCUT2D eigenvalue weighted by molar-refractivity contribution is 5.24. The number of hydrazine groups is 1. The van der Waals surface area contributed by atoms with E-state index in [0.717, 1.165) is 24.2 Å². The SMILES string of the molecule is CCc1ccc(CC(NN)c2ncc(C)cn2)cc1. The second kappa shape index (κ2) is 6.41. The first-order valence-corrected chi connectivity index (χ1v) is 6.55. The lowest BCUT2D eigenvalue weighted by atomic mass is 10.0. The maximum Gasteiger partial charge on any atom is 0.146 e. The number of aromatic nitrogens is 2. The second-order valence-corrected chi connectivity index (χ2v) is 4.71. The summed E-state index contributed by atoms with van der Waals surface area (Å²) in [5, 5.41) is 0. The van der Waals surface area contributed by atoms with E-state index in [9.17, 15) is 0 Å². The third-order valence-corrected chi connectivity index (χ3v) is 3.18. The molecule has 0 radical (unpaired) electrons. The Morgan fingerprint density at radius 1 is 1.11 bits per heavy atom. The van der Waals surface area contributed by atoms with E-state index in [1.165, 1.54) is 11.1 Å². The van der Waals surface area contributed by atoms with Gasteiger partial charge in [-0.1, -0.05) is 31.2 Å². The molecule has 1 atom stereocenters. The van der Waals surface area contributed by atoms with Crippen molar-refractivity contribution in [3.8, 4) is 0 Å². The molecular formula is C15H20N4. The van der Waals surface area contributed by atoms with Gasteiger partial charge in [0, 0.05) is 12.4 Å². The van der Waals surface area contributed by atoms with Crippen molar-refractivity contribution >= 4 is 0 Å². The summed E-state index contributed by atoms with van der Waals surface area (Å²) in [5.41, 5.74) is 6.40. The minimum atomic E-state index is -0.0620. The van der Waals surface area contributed by atoms with Gasteiger partial charge in [0.2, 0.25) is 0 Å². The third-order valence-electron chi connectivity index (χ3n) is 3.18. The molecule has 4 heteroatoms.